The highest BCUT2D eigenvalue weighted by atomic mass is 79.9. The molecule has 17 heavy (non-hydrogen) atoms. The zero-order chi connectivity index (χ0) is 12.6. The van der Waals surface area contributed by atoms with Crippen molar-refractivity contribution in [1.82, 2.24) is 9.61 Å². The molecule has 0 amide bonds. The Morgan fingerprint density at radius 1 is 1.35 bits per heavy atom. The lowest BCUT2D eigenvalue weighted by atomic mass is 10.0. The fourth-order valence-corrected chi connectivity index (χ4v) is 2.10. The second-order valence-corrected chi connectivity index (χ2v) is 5.80. The standard InChI is InChI=1S/C13H15BrN2O/c1-8(2)12-11(13(17)9(3)14)10-6-4-5-7-16(10)15-12/h4-9H,1-3H3. The first kappa shape index (κ1) is 12.3. The number of aromatic nitrogens is 2. The number of nitrogens with zero attached hydrogens (tertiary/aromatic N) is 2. The lowest BCUT2D eigenvalue weighted by Gasteiger charge is -2.06. The number of pyridine rings is 1. The summed E-state index contributed by atoms with van der Waals surface area (Å²) in [7, 11) is 0. The monoisotopic (exact) mass is 294 g/mol. The Balaban J connectivity index is 2.72. The van der Waals surface area contributed by atoms with Crippen LogP contribution in [0.25, 0.3) is 5.52 Å². The lowest BCUT2D eigenvalue weighted by molar-refractivity contribution is 0.0996. The summed E-state index contributed by atoms with van der Waals surface area (Å²) in [4.78, 5) is 12.1. The molecule has 2 aromatic heterocycles. The number of halogens is 1. The first-order chi connectivity index (χ1) is 8.02. The summed E-state index contributed by atoms with van der Waals surface area (Å²) in [5.41, 5.74) is 2.49. The Kier molecular flexibility index (Phi) is 3.33. The molecule has 0 aliphatic carbocycles. The summed E-state index contributed by atoms with van der Waals surface area (Å²) in [6, 6.07) is 5.77. The number of alkyl halides is 1. The highest BCUT2D eigenvalue weighted by Gasteiger charge is 2.23. The summed E-state index contributed by atoms with van der Waals surface area (Å²) >= 11 is 3.34. The molecule has 0 aromatic carbocycles. The molecule has 2 aromatic rings. The van der Waals surface area contributed by atoms with Crippen LogP contribution in [0.4, 0.5) is 0 Å². The Morgan fingerprint density at radius 3 is 2.65 bits per heavy atom. The topological polar surface area (TPSA) is 34.4 Å². The molecule has 1 atom stereocenters. The third kappa shape index (κ3) is 2.14. The molecule has 3 nitrogen and oxygen atoms in total. The third-order valence-corrected chi connectivity index (χ3v) is 3.14. The minimum absolute atomic E-state index is 0.0925. The summed E-state index contributed by atoms with van der Waals surface area (Å²) in [6.45, 7) is 5.95. The normalized spacial score (nSPS) is 13.2. The average molecular weight is 295 g/mol. The maximum Gasteiger partial charge on any atom is 0.180 e. The van der Waals surface area contributed by atoms with Crippen molar-refractivity contribution in [2.75, 3.05) is 0 Å². The fourth-order valence-electron chi connectivity index (χ4n) is 1.87. The van der Waals surface area contributed by atoms with Crippen molar-refractivity contribution in [3.63, 3.8) is 0 Å². The molecule has 0 bridgehead atoms. The van der Waals surface area contributed by atoms with Gasteiger partial charge in [0.05, 0.1) is 21.6 Å². The number of carbonyl (C=O) groups excluding carboxylic acids is 1. The lowest BCUT2D eigenvalue weighted by Crippen LogP contribution is -2.12. The molecule has 0 fully saturated rings. The molecule has 0 saturated heterocycles. The summed E-state index contributed by atoms with van der Waals surface area (Å²) < 4.78 is 1.78. The van der Waals surface area contributed by atoms with E-state index in [-0.39, 0.29) is 16.5 Å². The molecule has 0 aliphatic heterocycles. The fraction of sp³-hybridized carbons (Fsp3) is 0.385. The van der Waals surface area contributed by atoms with Crippen molar-refractivity contribution < 1.29 is 4.79 Å². The van der Waals surface area contributed by atoms with E-state index in [0.29, 0.717) is 0 Å². The smallest absolute Gasteiger partial charge is 0.180 e. The van der Waals surface area contributed by atoms with Crippen LogP contribution in [0.15, 0.2) is 24.4 Å². The highest BCUT2D eigenvalue weighted by molar-refractivity contribution is 9.10. The number of rotatable bonds is 3. The van der Waals surface area contributed by atoms with Gasteiger partial charge in [-0.05, 0) is 25.0 Å². The number of hydrogen-bond acceptors (Lipinski definition) is 2. The zero-order valence-corrected chi connectivity index (χ0v) is 11.7. The molecular weight excluding hydrogens is 280 g/mol. The van der Waals surface area contributed by atoms with E-state index in [4.69, 9.17) is 0 Å². The molecule has 0 aliphatic rings. The number of fused-ring (bicyclic) bond motifs is 1. The van der Waals surface area contributed by atoms with Crippen LogP contribution >= 0.6 is 15.9 Å². The molecule has 4 heteroatoms. The molecule has 0 N–H and O–H groups in total. The maximum atomic E-state index is 12.2. The van der Waals surface area contributed by atoms with Gasteiger partial charge in [-0.2, -0.15) is 5.10 Å². The molecule has 1 unspecified atom stereocenters. The van der Waals surface area contributed by atoms with Gasteiger partial charge in [-0.3, -0.25) is 4.79 Å². The Labute approximate surface area is 109 Å². The van der Waals surface area contributed by atoms with E-state index in [2.05, 4.69) is 34.9 Å². The van der Waals surface area contributed by atoms with Crippen molar-refractivity contribution in [1.29, 1.82) is 0 Å². The van der Waals surface area contributed by atoms with Gasteiger partial charge in [-0.15, -0.1) is 0 Å². The molecule has 90 valence electrons. The van der Waals surface area contributed by atoms with E-state index in [9.17, 15) is 4.79 Å². The SMILES string of the molecule is CC(Br)C(=O)c1c(C(C)C)nn2ccccc12. The molecule has 0 saturated carbocycles. The van der Waals surface area contributed by atoms with E-state index in [1.807, 2.05) is 31.3 Å². The van der Waals surface area contributed by atoms with Gasteiger partial charge in [0, 0.05) is 6.20 Å². The van der Waals surface area contributed by atoms with Crippen LogP contribution in [0.2, 0.25) is 0 Å². The summed E-state index contributed by atoms with van der Waals surface area (Å²) in [5.74, 6) is 0.329. The molecular formula is C13H15BrN2O. The highest BCUT2D eigenvalue weighted by Crippen LogP contribution is 2.25. The van der Waals surface area contributed by atoms with E-state index >= 15 is 0 Å². The van der Waals surface area contributed by atoms with E-state index in [0.717, 1.165) is 16.8 Å². The van der Waals surface area contributed by atoms with Gasteiger partial charge in [0.1, 0.15) is 0 Å². The van der Waals surface area contributed by atoms with Crippen LogP contribution in [-0.4, -0.2) is 20.2 Å². The van der Waals surface area contributed by atoms with Crippen molar-refractivity contribution in [3.05, 3.63) is 35.7 Å². The van der Waals surface area contributed by atoms with Crippen LogP contribution in [0.5, 0.6) is 0 Å². The minimum Gasteiger partial charge on any atom is -0.293 e. The molecule has 0 radical (unpaired) electrons. The van der Waals surface area contributed by atoms with Crippen LogP contribution < -0.4 is 0 Å². The zero-order valence-electron chi connectivity index (χ0n) is 10.1. The van der Waals surface area contributed by atoms with Gasteiger partial charge in [0.15, 0.2) is 5.78 Å². The van der Waals surface area contributed by atoms with Crippen LogP contribution in [-0.2, 0) is 0 Å². The van der Waals surface area contributed by atoms with E-state index < -0.39 is 0 Å². The largest absolute Gasteiger partial charge is 0.293 e. The quantitative estimate of drug-likeness (QED) is 0.642. The average Bonchev–Trinajstić information content (AvgIpc) is 2.67. The van der Waals surface area contributed by atoms with Crippen molar-refractivity contribution in [2.45, 2.75) is 31.5 Å². The number of Topliss-reactive ketones (excluding diaryl/α,β-unsaturated/α-hetero) is 1. The van der Waals surface area contributed by atoms with Crippen LogP contribution in [0, 0.1) is 0 Å². The number of ketones is 1. The van der Waals surface area contributed by atoms with Crippen LogP contribution in [0.1, 0.15) is 42.7 Å². The van der Waals surface area contributed by atoms with Gasteiger partial charge in [0.2, 0.25) is 0 Å². The predicted octanol–water partition coefficient (Wildman–Crippen LogP) is 3.42. The van der Waals surface area contributed by atoms with Crippen molar-refractivity contribution in [3.8, 4) is 0 Å². The van der Waals surface area contributed by atoms with Crippen molar-refractivity contribution >= 4 is 27.2 Å². The Morgan fingerprint density at radius 2 is 2.06 bits per heavy atom. The molecule has 0 spiro atoms. The van der Waals surface area contributed by atoms with E-state index in [1.54, 1.807) is 4.52 Å². The second-order valence-electron chi connectivity index (χ2n) is 4.43. The van der Waals surface area contributed by atoms with Gasteiger partial charge in [-0.1, -0.05) is 35.8 Å². The van der Waals surface area contributed by atoms with Gasteiger partial charge >= 0.3 is 0 Å². The van der Waals surface area contributed by atoms with Crippen LogP contribution in [0.3, 0.4) is 0 Å². The summed E-state index contributed by atoms with van der Waals surface area (Å²) in [6.07, 6.45) is 1.87. The van der Waals surface area contributed by atoms with E-state index in [1.165, 1.54) is 0 Å². The Hall–Kier alpha value is -1.16. The second kappa shape index (κ2) is 4.61. The van der Waals surface area contributed by atoms with Gasteiger partial charge in [0.25, 0.3) is 0 Å². The number of carbonyl (C=O) groups is 1. The first-order valence-electron chi connectivity index (χ1n) is 5.68. The molecule has 2 heterocycles. The number of hydrogen-bond donors (Lipinski definition) is 0. The van der Waals surface area contributed by atoms with Gasteiger partial charge < -0.3 is 0 Å². The maximum absolute atomic E-state index is 12.2. The molecule has 2 rings (SSSR count). The Bertz CT molecular complexity index is 558. The van der Waals surface area contributed by atoms with Gasteiger partial charge in [-0.25, -0.2) is 4.52 Å². The first-order valence-corrected chi connectivity index (χ1v) is 6.59. The van der Waals surface area contributed by atoms with Crippen molar-refractivity contribution in [2.24, 2.45) is 0 Å². The summed E-state index contributed by atoms with van der Waals surface area (Å²) in [5, 5.41) is 4.49. The minimum atomic E-state index is -0.187. The third-order valence-electron chi connectivity index (χ3n) is 2.72. The predicted molar refractivity (Wildman–Crippen MR) is 72.0 cm³/mol.